The second-order valence-corrected chi connectivity index (χ2v) is 10.7. The number of sulfone groups is 1. The molecule has 3 heterocycles. The van der Waals surface area contributed by atoms with Crippen LogP contribution in [-0.2, 0) is 16.3 Å². The highest BCUT2D eigenvalue weighted by Crippen LogP contribution is 2.32. The van der Waals surface area contributed by atoms with Crippen LogP contribution in [0.25, 0.3) is 11.5 Å². The van der Waals surface area contributed by atoms with Gasteiger partial charge in [0.15, 0.2) is 9.84 Å². The summed E-state index contributed by atoms with van der Waals surface area (Å²) in [6.45, 7) is 4.28. The molecule has 2 unspecified atom stereocenters. The van der Waals surface area contributed by atoms with E-state index in [0.717, 1.165) is 30.8 Å². The molecule has 1 saturated heterocycles. The highest BCUT2D eigenvalue weighted by atomic mass is 32.2. The molecule has 1 fully saturated rings. The Kier molecular flexibility index (Phi) is 5.83. The van der Waals surface area contributed by atoms with Crippen molar-refractivity contribution in [3.63, 3.8) is 0 Å². The lowest BCUT2D eigenvalue weighted by molar-refractivity contribution is 0.405. The minimum atomic E-state index is -3.04. The first-order chi connectivity index (χ1) is 14.0. The minimum absolute atomic E-state index is 0.140. The van der Waals surface area contributed by atoms with Crippen LogP contribution in [0, 0.1) is 6.92 Å². The van der Waals surface area contributed by atoms with Crippen molar-refractivity contribution >= 4 is 21.2 Å². The first kappa shape index (κ1) is 20.2. The molecule has 0 amide bonds. The van der Waals surface area contributed by atoms with Gasteiger partial charge in [-0.3, -0.25) is 0 Å². The minimum Gasteiger partial charge on any atom is -0.245 e. The number of rotatable bonds is 6. The number of hydrogen-bond acceptors (Lipinski definition) is 6. The lowest BCUT2D eigenvalue weighted by atomic mass is 9.93. The smallest absolute Gasteiger partial charge is 0.200 e. The predicted octanol–water partition coefficient (Wildman–Crippen LogP) is 4.20. The van der Waals surface area contributed by atoms with E-state index >= 15 is 0 Å². The molecule has 0 radical (unpaired) electrons. The summed E-state index contributed by atoms with van der Waals surface area (Å²) in [6.07, 6.45) is 3.25. The average Bonchev–Trinajstić information content (AvgIpc) is 3.36. The first-order valence-corrected chi connectivity index (χ1v) is 12.8. The highest BCUT2D eigenvalue weighted by Gasteiger charge is 2.31. The van der Waals surface area contributed by atoms with Crippen LogP contribution in [0.2, 0.25) is 0 Å². The normalized spacial score (nSPS) is 19.9. The summed E-state index contributed by atoms with van der Waals surface area (Å²) in [4.78, 5) is 9.23. The van der Waals surface area contributed by atoms with E-state index in [1.54, 1.807) is 5.51 Å². The Labute approximate surface area is 176 Å². The van der Waals surface area contributed by atoms with Gasteiger partial charge in [0.1, 0.15) is 11.5 Å². The number of thiazole rings is 1. The maximum Gasteiger partial charge on any atom is 0.200 e. The Bertz CT molecular complexity index is 1070. The average molecular weight is 431 g/mol. The molecule has 0 spiro atoms. The topological polar surface area (TPSA) is 77.7 Å². The number of hydrogen-bond donors (Lipinski definition) is 0. The van der Waals surface area contributed by atoms with Crippen molar-refractivity contribution in [1.82, 2.24) is 19.7 Å². The van der Waals surface area contributed by atoms with Gasteiger partial charge in [-0.05, 0) is 43.7 Å². The molecule has 0 aliphatic carbocycles. The van der Waals surface area contributed by atoms with E-state index in [9.17, 15) is 8.42 Å². The molecule has 8 heteroatoms. The monoisotopic (exact) mass is 430 g/mol. The van der Waals surface area contributed by atoms with Gasteiger partial charge < -0.3 is 0 Å². The van der Waals surface area contributed by atoms with E-state index in [2.05, 4.69) is 43.1 Å². The third kappa shape index (κ3) is 4.43. The fourth-order valence-electron chi connectivity index (χ4n) is 4.03. The zero-order chi connectivity index (χ0) is 20.4. The predicted molar refractivity (Wildman–Crippen MR) is 116 cm³/mol. The molecular weight excluding hydrogens is 404 g/mol. The van der Waals surface area contributed by atoms with Gasteiger partial charge in [0.2, 0.25) is 5.82 Å². The Morgan fingerprint density at radius 3 is 2.83 bits per heavy atom. The van der Waals surface area contributed by atoms with Crippen LogP contribution < -0.4 is 0 Å². The van der Waals surface area contributed by atoms with E-state index in [1.807, 2.05) is 10.1 Å². The zero-order valence-electron chi connectivity index (χ0n) is 16.8. The van der Waals surface area contributed by atoms with Crippen molar-refractivity contribution in [3.8, 4) is 11.5 Å². The van der Waals surface area contributed by atoms with Crippen molar-refractivity contribution in [1.29, 1.82) is 0 Å². The van der Waals surface area contributed by atoms with Crippen LogP contribution in [0.1, 0.15) is 55.1 Å². The molecule has 0 bridgehead atoms. The molecule has 3 aromatic rings. The second kappa shape index (κ2) is 8.36. The number of aromatic nitrogens is 4. The Morgan fingerprint density at radius 1 is 1.31 bits per heavy atom. The Hall–Kier alpha value is -2.06. The molecule has 0 saturated carbocycles. The summed E-state index contributed by atoms with van der Waals surface area (Å²) in [7, 11) is -3.04. The Balaban J connectivity index is 1.74. The second-order valence-electron chi connectivity index (χ2n) is 7.76. The van der Waals surface area contributed by atoms with E-state index in [1.165, 1.54) is 22.5 Å². The van der Waals surface area contributed by atoms with Crippen molar-refractivity contribution in [2.75, 3.05) is 11.5 Å². The van der Waals surface area contributed by atoms with Gasteiger partial charge in [0.05, 0.1) is 23.1 Å². The van der Waals surface area contributed by atoms with Gasteiger partial charge in [0.25, 0.3) is 0 Å². The summed E-state index contributed by atoms with van der Waals surface area (Å²) >= 11 is 1.51. The van der Waals surface area contributed by atoms with Crippen LogP contribution in [0.15, 0.2) is 35.2 Å². The number of benzene rings is 1. The van der Waals surface area contributed by atoms with Crippen molar-refractivity contribution in [2.24, 2.45) is 0 Å². The third-order valence-electron chi connectivity index (χ3n) is 5.69. The van der Waals surface area contributed by atoms with Gasteiger partial charge in [-0.1, -0.05) is 31.2 Å². The lowest BCUT2D eigenvalue weighted by Gasteiger charge is -2.25. The lowest BCUT2D eigenvalue weighted by Crippen LogP contribution is -2.30. The molecule has 154 valence electrons. The first-order valence-electron chi connectivity index (χ1n) is 10.1. The molecular formula is C21H26N4O2S2. The van der Waals surface area contributed by atoms with Crippen molar-refractivity contribution in [3.05, 3.63) is 52.1 Å². The van der Waals surface area contributed by atoms with E-state index in [4.69, 9.17) is 10.1 Å². The fourth-order valence-corrected chi connectivity index (χ4v) is 6.23. The molecule has 2 atom stereocenters. The summed E-state index contributed by atoms with van der Waals surface area (Å²) in [6, 6.07) is 8.24. The van der Waals surface area contributed by atoms with Crippen LogP contribution in [0.4, 0.5) is 0 Å². The molecule has 1 aliphatic rings. The molecule has 1 aromatic carbocycles. The molecule has 4 rings (SSSR count). The summed E-state index contributed by atoms with van der Waals surface area (Å²) in [5, 5.41) is 6.69. The Morgan fingerprint density at radius 2 is 2.14 bits per heavy atom. The van der Waals surface area contributed by atoms with E-state index in [0.29, 0.717) is 12.2 Å². The molecule has 0 N–H and O–H groups in total. The fraction of sp³-hybridized carbons (Fsp3) is 0.476. The van der Waals surface area contributed by atoms with Crippen LogP contribution in [-0.4, -0.2) is 39.7 Å². The van der Waals surface area contributed by atoms with Crippen LogP contribution in [0.3, 0.4) is 0 Å². The van der Waals surface area contributed by atoms with Crippen LogP contribution in [0.5, 0.6) is 0 Å². The van der Waals surface area contributed by atoms with Gasteiger partial charge in [-0.2, -0.15) is 0 Å². The van der Waals surface area contributed by atoms with Gasteiger partial charge in [-0.25, -0.2) is 23.1 Å². The summed E-state index contributed by atoms with van der Waals surface area (Å²) in [5.41, 5.74) is 5.07. The molecule has 1 aliphatic heterocycles. The number of aryl methyl sites for hydroxylation is 1. The maximum atomic E-state index is 12.3. The largest absolute Gasteiger partial charge is 0.245 e. The standard InChI is InChI=1S/C21H26N4O2S2/c1-3-16(11-17-8-5-4-7-15(17)2)21-23-20(19-12-28-14-22-19)24-25(21)18-9-6-10-29(26,27)13-18/h4-5,7-8,12,14,16,18H,3,6,9-11,13H2,1-2H3. The van der Waals surface area contributed by atoms with Crippen molar-refractivity contribution in [2.45, 2.75) is 51.5 Å². The van der Waals surface area contributed by atoms with Crippen molar-refractivity contribution < 1.29 is 8.42 Å². The van der Waals surface area contributed by atoms with Crippen LogP contribution >= 0.6 is 11.3 Å². The van der Waals surface area contributed by atoms with Gasteiger partial charge in [0, 0.05) is 11.3 Å². The van der Waals surface area contributed by atoms with E-state index in [-0.39, 0.29) is 23.5 Å². The summed E-state index contributed by atoms with van der Waals surface area (Å²) in [5.74, 6) is 2.04. The third-order valence-corrected chi connectivity index (χ3v) is 8.08. The van der Waals surface area contributed by atoms with Gasteiger partial charge >= 0.3 is 0 Å². The zero-order valence-corrected chi connectivity index (χ0v) is 18.4. The number of nitrogens with zero attached hydrogens (tertiary/aromatic N) is 4. The van der Waals surface area contributed by atoms with Gasteiger partial charge in [-0.15, -0.1) is 16.4 Å². The molecule has 6 nitrogen and oxygen atoms in total. The summed E-state index contributed by atoms with van der Waals surface area (Å²) < 4.78 is 26.5. The quantitative estimate of drug-likeness (QED) is 0.586. The maximum absolute atomic E-state index is 12.3. The van der Waals surface area contributed by atoms with E-state index < -0.39 is 9.84 Å². The highest BCUT2D eigenvalue weighted by molar-refractivity contribution is 7.91. The SMILES string of the molecule is CCC(Cc1ccccc1C)c1nc(-c2cscn2)nn1C1CCCS(=O)(=O)C1. The molecule has 29 heavy (non-hydrogen) atoms. The molecule has 2 aromatic heterocycles.